The normalized spacial score (nSPS) is 13.5. The molecule has 0 fully saturated rings. The van der Waals surface area contributed by atoms with Crippen LogP contribution in [0.5, 0.6) is 0 Å². The van der Waals surface area contributed by atoms with E-state index in [-0.39, 0.29) is 5.75 Å². The van der Waals surface area contributed by atoms with Gasteiger partial charge in [0.1, 0.15) is 5.75 Å². The lowest BCUT2D eigenvalue weighted by molar-refractivity contribution is 0.482. The lowest BCUT2D eigenvalue weighted by atomic mass is 9.99. The van der Waals surface area contributed by atoms with E-state index in [4.69, 9.17) is 4.55 Å². The van der Waals surface area contributed by atoms with Gasteiger partial charge >= 0.3 is 0 Å². The van der Waals surface area contributed by atoms with Crippen LogP contribution in [-0.4, -0.2) is 13.0 Å². The third-order valence-electron chi connectivity index (χ3n) is 3.23. The average Bonchev–Trinajstić information content (AvgIpc) is 2.29. The molecule has 0 amide bonds. The maximum Gasteiger partial charge on any atom is 0.269 e. The van der Waals surface area contributed by atoms with Crippen molar-refractivity contribution in [1.29, 1.82) is 0 Å². The summed E-state index contributed by atoms with van der Waals surface area (Å²) in [5, 5.41) is 0. The van der Waals surface area contributed by atoms with E-state index in [0.717, 1.165) is 18.8 Å². The number of rotatable bonds is 7. The van der Waals surface area contributed by atoms with Gasteiger partial charge in [-0.2, -0.15) is 8.42 Å². The van der Waals surface area contributed by atoms with Gasteiger partial charge in [0.15, 0.2) is 0 Å². The molecule has 0 spiro atoms. The van der Waals surface area contributed by atoms with Crippen LogP contribution in [0.25, 0.3) is 0 Å². The fraction of sp³-hybridized carbons (Fsp3) is 0.571. The molecule has 0 aromatic heterocycles. The number of hydrogen-bond acceptors (Lipinski definition) is 2. The second kappa shape index (κ2) is 6.90. The van der Waals surface area contributed by atoms with Gasteiger partial charge in [0, 0.05) is 0 Å². The van der Waals surface area contributed by atoms with E-state index in [0.29, 0.717) is 5.56 Å². The van der Waals surface area contributed by atoms with Crippen LogP contribution in [0.3, 0.4) is 0 Å². The summed E-state index contributed by atoms with van der Waals surface area (Å²) in [5.74, 6) is 0.462. The molecule has 1 aromatic rings. The zero-order valence-electron chi connectivity index (χ0n) is 11.1. The van der Waals surface area contributed by atoms with Gasteiger partial charge in [0.25, 0.3) is 10.1 Å². The van der Waals surface area contributed by atoms with Gasteiger partial charge in [-0.05, 0) is 29.9 Å². The summed E-state index contributed by atoms with van der Waals surface area (Å²) in [6, 6.07) is 7.42. The molecule has 1 rings (SSSR count). The molecular weight excluding hydrogens is 248 g/mol. The smallest absolute Gasteiger partial charge is 0.269 e. The van der Waals surface area contributed by atoms with Gasteiger partial charge in [-0.25, -0.2) is 0 Å². The molecule has 1 atom stereocenters. The minimum absolute atomic E-state index is 0.305. The van der Waals surface area contributed by atoms with E-state index in [1.54, 1.807) is 12.1 Å². The summed E-state index contributed by atoms with van der Waals surface area (Å²) in [5.41, 5.74) is 1.85. The van der Waals surface area contributed by atoms with Crippen molar-refractivity contribution >= 4 is 10.1 Å². The number of hydrogen-bond donors (Lipinski definition) is 1. The zero-order valence-corrected chi connectivity index (χ0v) is 11.9. The minimum Gasteiger partial charge on any atom is -0.285 e. The van der Waals surface area contributed by atoms with E-state index in [2.05, 4.69) is 13.8 Å². The quantitative estimate of drug-likeness (QED) is 0.772. The van der Waals surface area contributed by atoms with E-state index in [1.165, 1.54) is 18.4 Å². The standard InChI is InChI=1S/C14H22O3S/c1-3-12(2)5-4-6-13-7-9-14(10-8-13)11-18(15,16)17/h7-10,12H,3-6,11H2,1-2H3,(H,15,16,17). The van der Waals surface area contributed by atoms with Gasteiger partial charge in [-0.1, -0.05) is 51.0 Å². The molecule has 0 bridgehead atoms. The second-order valence-electron chi connectivity index (χ2n) is 4.95. The van der Waals surface area contributed by atoms with Crippen molar-refractivity contribution in [2.75, 3.05) is 0 Å². The minimum atomic E-state index is -3.92. The van der Waals surface area contributed by atoms with Crippen LogP contribution in [0.4, 0.5) is 0 Å². The predicted molar refractivity (Wildman–Crippen MR) is 74.1 cm³/mol. The fourth-order valence-corrected chi connectivity index (χ4v) is 2.49. The van der Waals surface area contributed by atoms with Gasteiger partial charge in [0.2, 0.25) is 0 Å². The SMILES string of the molecule is CCC(C)CCCc1ccc(CS(=O)(=O)O)cc1. The monoisotopic (exact) mass is 270 g/mol. The van der Waals surface area contributed by atoms with Crippen molar-refractivity contribution in [2.24, 2.45) is 5.92 Å². The molecule has 0 radical (unpaired) electrons. The third kappa shape index (κ3) is 6.17. The number of aryl methyl sites for hydroxylation is 1. The van der Waals surface area contributed by atoms with Crippen molar-refractivity contribution in [3.05, 3.63) is 35.4 Å². The van der Waals surface area contributed by atoms with Crippen molar-refractivity contribution in [3.63, 3.8) is 0 Å². The highest BCUT2D eigenvalue weighted by atomic mass is 32.2. The fourth-order valence-electron chi connectivity index (χ4n) is 1.87. The van der Waals surface area contributed by atoms with Gasteiger partial charge < -0.3 is 0 Å². The summed E-state index contributed by atoms with van der Waals surface area (Å²) < 4.78 is 30.2. The summed E-state index contributed by atoms with van der Waals surface area (Å²) >= 11 is 0. The molecular formula is C14H22O3S. The molecule has 4 heteroatoms. The Morgan fingerprint density at radius 2 is 1.72 bits per heavy atom. The van der Waals surface area contributed by atoms with Crippen LogP contribution in [0, 0.1) is 5.92 Å². The molecule has 1 unspecified atom stereocenters. The third-order valence-corrected chi connectivity index (χ3v) is 3.93. The van der Waals surface area contributed by atoms with Crippen LogP contribution < -0.4 is 0 Å². The molecule has 1 aromatic carbocycles. The molecule has 0 saturated heterocycles. The summed E-state index contributed by atoms with van der Waals surface area (Å²) in [6.45, 7) is 4.46. The molecule has 0 aliphatic carbocycles. The topological polar surface area (TPSA) is 54.4 Å². The average molecular weight is 270 g/mol. The van der Waals surface area contributed by atoms with E-state index in [9.17, 15) is 8.42 Å². The molecule has 102 valence electrons. The largest absolute Gasteiger partial charge is 0.285 e. The molecule has 18 heavy (non-hydrogen) atoms. The van der Waals surface area contributed by atoms with Crippen molar-refractivity contribution in [2.45, 2.75) is 45.3 Å². The Bertz CT molecular complexity index is 448. The highest BCUT2D eigenvalue weighted by molar-refractivity contribution is 7.85. The Morgan fingerprint density at radius 1 is 1.17 bits per heavy atom. The summed E-state index contributed by atoms with van der Waals surface area (Å²) in [7, 11) is -3.92. The molecule has 0 aliphatic heterocycles. The van der Waals surface area contributed by atoms with Gasteiger partial charge in [0.05, 0.1) is 0 Å². The van der Waals surface area contributed by atoms with Crippen LogP contribution in [-0.2, 0) is 22.3 Å². The summed E-state index contributed by atoms with van der Waals surface area (Å²) in [6.07, 6.45) is 4.62. The molecule has 3 nitrogen and oxygen atoms in total. The summed E-state index contributed by atoms with van der Waals surface area (Å²) in [4.78, 5) is 0. The molecule has 0 saturated carbocycles. The second-order valence-corrected chi connectivity index (χ2v) is 6.40. The molecule has 1 N–H and O–H groups in total. The van der Waals surface area contributed by atoms with E-state index >= 15 is 0 Å². The number of benzene rings is 1. The first-order valence-electron chi connectivity index (χ1n) is 6.43. The highest BCUT2D eigenvalue weighted by Gasteiger charge is 2.06. The van der Waals surface area contributed by atoms with Crippen LogP contribution in [0.15, 0.2) is 24.3 Å². The first kappa shape index (κ1) is 15.2. The lowest BCUT2D eigenvalue weighted by Gasteiger charge is -2.08. The van der Waals surface area contributed by atoms with Crippen molar-refractivity contribution in [1.82, 2.24) is 0 Å². The Labute approximate surface area is 110 Å². The first-order valence-corrected chi connectivity index (χ1v) is 8.04. The van der Waals surface area contributed by atoms with Crippen molar-refractivity contribution < 1.29 is 13.0 Å². The molecule has 0 heterocycles. The van der Waals surface area contributed by atoms with Crippen LogP contribution in [0.1, 0.15) is 44.2 Å². The van der Waals surface area contributed by atoms with Crippen molar-refractivity contribution in [3.8, 4) is 0 Å². The van der Waals surface area contributed by atoms with Crippen LogP contribution >= 0.6 is 0 Å². The maximum absolute atomic E-state index is 10.7. The molecule has 0 aliphatic rings. The Hall–Kier alpha value is -0.870. The lowest BCUT2D eigenvalue weighted by Crippen LogP contribution is -2.01. The van der Waals surface area contributed by atoms with Crippen LogP contribution in [0.2, 0.25) is 0 Å². The van der Waals surface area contributed by atoms with E-state index < -0.39 is 10.1 Å². The highest BCUT2D eigenvalue weighted by Crippen LogP contribution is 2.14. The van der Waals surface area contributed by atoms with Gasteiger partial charge in [-0.15, -0.1) is 0 Å². The van der Waals surface area contributed by atoms with Gasteiger partial charge in [-0.3, -0.25) is 4.55 Å². The predicted octanol–water partition coefficient (Wildman–Crippen LogP) is 3.44. The Kier molecular flexibility index (Phi) is 5.82. The Balaban J connectivity index is 2.46. The van der Waals surface area contributed by atoms with E-state index in [1.807, 2.05) is 12.1 Å². The first-order chi connectivity index (χ1) is 8.40. The zero-order chi connectivity index (χ0) is 13.6. The Morgan fingerprint density at radius 3 is 2.22 bits per heavy atom. The maximum atomic E-state index is 10.7.